The van der Waals surface area contributed by atoms with E-state index in [1.165, 1.54) is 0 Å². The Kier molecular flexibility index (Phi) is 5.26. The van der Waals surface area contributed by atoms with Crippen LogP contribution >= 0.6 is 0 Å². The van der Waals surface area contributed by atoms with Crippen LogP contribution in [0.3, 0.4) is 0 Å². The zero-order chi connectivity index (χ0) is 19.7. The lowest BCUT2D eigenvalue weighted by Gasteiger charge is -2.16. The second-order valence-corrected chi connectivity index (χ2v) is 7.38. The third-order valence-corrected chi connectivity index (χ3v) is 5.12. The van der Waals surface area contributed by atoms with Crippen LogP contribution in [0.4, 0.5) is 0 Å². The average Bonchev–Trinajstić information content (AvgIpc) is 3.12. The number of aryl methyl sites for hydroxylation is 4. The van der Waals surface area contributed by atoms with Gasteiger partial charge in [-0.05, 0) is 50.8 Å². The summed E-state index contributed by atoms with van der Waals surface area (Å²) in [4.78, 5) is 37.5. The summed E-state index contributed by atoms with van der Waals surface area (Å²) < 4.78 is 4.88. The molecule has 6 nitrogen and oxygen atoms in total. The Labute approximate surface area is 158 Å². The molecule has 1 heterocycles. The zero-order valence-electron chi connectivity index (χ0n) is 16.1. The molecule has 1 N–H and O–H groups in total. The van der Waals surface area contributed by atoms with Gasteiger partial charge >= 0.3 is 0 Å². The van der Waals surface area contributed by atoms with Crippen molar-refractivity contribution in [2.75, 3.05) is 6.54 Å². The van der Waals surface area contributed by atoms with Crippen LogP contribution in [0.1, 0.15) is 57.3 Å². The minimum Gasteiger partial charge on any atom is -0.361 e. The van der Waals surface area contributed by atoms with Crippen LogP contribution in [0.2, 0.25) is 0 Å². The van der Waals surface area contributed by atoms with Gasteiger partial charge in [-0.1, -0.05) is 22.9 Å². The van der Waals surface area contributed by atoms with E-state index >= 15 is 0 Å². The van der Waals surface area contributed by atoms with Gasteiger partial charge in [0.15, 0.2) is 11.5 Å². The van der Waals surface area contributed by atoms with Crippen molar-refractivity contribution in [3.63, 3.8) is 0 Å². The van der Waals surface area contributed by atoms with E-state index in [4.69, 9.17) is 4.52 Å². The second-order valence-electron chi connectivity index (χ2n) is 7.38. The van der Waals surface area contributed by atoms with Crippen molar-refractivity contribution in [1.82, 2.24) is 10.5 Å². The molecule has 1 aromatic heterocycles. The van der Waals surface area contributed by atoms with Crippen LogP contribution in [0, 0.1) is 33.6 Å². The fourth-order valence-electron chi connectivity index (χ4n) is 3.97. The van der Waals surface area contributed by atoms with E-state index in [1.54, 1.807) is 13.0 Å². The van der Waals surface area contributed by atoms with Crippen molar-refractivity contribution in [3.8, 4) is 0 Å². The molecule has 142 valence electrons. The van der Waals surface area contributed by atoms with E-state index in [-0.39, 0.29) is 35.5 Å². The highest BCUT2D eigenvalue weighted by Crippen LogP contribution is 2.37. The van der Waals surface area contributed by atoms with Gasteiger partial charge in [0.1, 0.15) is 17.5 Å². The largest absolute Gasteiger partial charge is 0.361 e. The monoisotopic (exact) mass is 368 g/mol. The molecule has 0 spiro atoms. The number of benzene rings is 1. The van der Waals surface area contributed by atoms with E-state index in [1.807, 2.05) is 32.9 Å². The van der Waals surface area contributed by atoms with Crippen LogP contribution in [-0.4, -0.2) is 29.2 Å². The number of amides is 1. The van der Waals surface area contributed by atoms with Crippen molar-refractivity contribution >= 4 is 17.5 Å². The lowest BCUT2D eigenvalue weighted by atomic mass is 9.86. The van der Waals surface area contributed by atoms with Crippen LogP contribution < -0.4 is 5.32 Å². The summed E-state index contributed by atoms with van der Waals surface area (Å²) >= 11 is 0. The fourth-order valence-corrected chi connectivity index (χ4v) is 3.97. The van der Waals surface area contributed by atoms with Crippen LogP contribution in [-0.2, 0) is 9.59 Å². The molecule has 1 aromatic carbocycles. The average molecular weight is 368 g/mol. The third kappa shape index (κ3) is 3.84. The number of nitrogens with zero attached hydrogens (tertiary/aromatic N) is 1. The summed E-state index contributed by atoms with van der Waals surface area (Å²) in [6.07, 6.45) is 0.669. The summed E-state index contributed by atoms with van der Waals surface area (Å²) in [6, 6.07) is 5.57. The number of rotatable bonds is 5. The molecule has 0 saturated heterocycles. The summed E-state index contributed by atoms with van der Waals surface area (Å²) in [6.45, 7) is 7.92. The van der Waals surface area contributed by atoms with E-state index < -0.39 is 5.92 Å². The summed E-state index contributed by atoms with van der Waals surface area (Å²) in [5, 5.41) is 6.40. The first-order valence-electron chi connectivity index (χ1n) is 9.13. The number of Topliss-reactive ketones (excluding diaryl/α,β-unsaturated/α-hetero) is 2. The Hall–Kier alpha value is -2.76. The van der Waals surface area contributed by atoms with Crippen LogP contribution in [0.15, 0.2) is 22.7 Å². The van der Waals surface area contributed by atoms with Gasteiger partial charge in [0.25, 0.3) is 5.91 Å². The highest BCUT2D eigenvalue weighted by molar-refractivity contribution is 6.15. The van der Waals surface area contributed by atoms with Gasteiger partial charge < -0.3 is 9.84 Å². The lowest BCUT2D eigenvalue weighted by molar-refractivity contribution is -0.124. The SMILES string of the molecule is Cc1cc(C)c(C2C(=O)CC(CCNC(=O)c3cc(C)on3)C2=O)c(C)c1. The Morgan fingerprint density at radius 2 is 1.81 bits per heavy atom. The number of aromatic nitrogens is 1. The molecule has 2 aromatic rings. The maximum absolute atomic E-state index is 12.9. The molecule has 0 bridgehead atoms. The van der Waals surface area contributed by atoms with Crippen molar-refractivity contribution < 1.29 is 18.9 Å². The van der Waals surface area contributed by atoms with Gasteiger partial charge in [-0.3, -0.25) is 14.4 Å². The number of nitrogens with one attached hydrogen (secondary N) is 1. The van der Waals surface area contributed by atoms with Crippen LogP contribution in [0.5, 0.6) is 0 Å². The molecule has 2 unspecified atom stereocenters. The second kappa shape index (κ2) is 7.47. The van der Waals surface area contributed by atoms with Gasteiger partial charge in [-0.25, -0.2) is 0 Å². The normalized spacial score (nSPS) is 19.6. The molecule has 1 aliphatic carbocycles. The molecular formula is C21H24N2O4. The summed E-state index contributed by atoms with van der Waals surface area (Å²) in [5.74, 6) is -0.889. The minimum absolute atomic E-state index is 0.0292. The van der Waals surface area contributed by atoms with Gasteiger partial charge in [0, 0.05) is 24.9 Å². The molecule has 1 saturated carbocycles. The Bertz CT molecular complexity index is 890. The standard InChI is InChI=1S/C21H24N2O4/c1-11-7-12(2)18(13(3)8-11)19-17(24)10-15(20(19)25)5-6-22-21(26)16-9-14(4)27-23-16/h7-9,15,19H,5-6,10H2,1-4H3,(H,22,26). The summed E-state index contributed by atoms with van der Waals surface area (Å²) in [7, 11) is 0. The molecule has 6 heteroatoms. The van der Waals surface area contributed by atoms with Gasteiger partial charge in [-0.2, -0.15) is 0 Å². The van der Waals surface area contributed by atoms with E-state index in [0.29, 0.717) is 18.7 Å². The first-order chi connectivity index (χ1) is 12.8. The summed E-state index contributed by atoms with van der Waals surface area (Å²) in [5.41, 5.74) is 4.14. The first kappa shape index (κ1) is 19.0. The highest BCUT2D eigenvalue weighted by atomic mass is 16.5. The molecule has 1 aliphatic rings. The van der Waals surface area contributed by atoms with Crippen molar-refractivity contribution in [2.45, 2.75) is 46.5 Å². The highest BCUT2D eigenvalue weighted by Gasteiger charge is 2.42. The van der Waals surface area contributed by atoms with Crippen molar-refractivity contribution in [2.24, 2.45) is 5.92 Å². The number of hydrogen-bond donors (Lipinski definition) is 1. The molecule has 0 aliphatic heterocycles. The number of hydrogen-bond acceptors (Lipinski definition) is 5. The lowest BCUT2D eigenvalue weighted by Crippen LogP contribution is -2.27. The van der Waals surface area contributed by atoms with Crippen LogP contribution in [0.25, 0.3) is 0 Å². The van der Waals surface area contributed by atoms with Gasteiger partial charge in [0.2, 0.25) is 0 Å². The number of ketones is 2. The quantitative estimate of drug-likeness (QED) is 0.820. The zero-order valence-corrected chi connectivity index (χ0v) is 16.1. The third-order valence-electron chi connectivity index (χ3n) is 5.12. The molecular weight excluding hydrogens is 344 g/mol. The molecule has 27 heavy (non-hydrogen) atoms. The van der Waals surface area contributed by atoms with Crippen molar-refractivity contribution in [1.29, 1.82) is 0 Å². The maximum atomic E-state index is 12.9. The maximum Gasteiger partial charge on any atom is 0.273 e. The Morgan fingerprint density at radius 3 is 2.41 bits per heavy atom. The topological polar surface area (TPSA) is 89.3 Å². The molecule has 2 atom stereocenters. The smallest absolute Gasteiger partial charge is 0.273 e. The van der Waals surface area contributed by atoms with Crippen molar-refractivity contribution in [3.05, 3.63) is 51.9 Å². The molecule has 0 radical (unpaired) electrons. The Balaban J connectivity index is 1.65. The number of carbonyl (C=O) groups excluding carboxylic acids is 3. The number of carbonyl (C=O) groups is 3. The fraction of sp³-hybridized carbons (Fsp3) is 0.429. The molecule has 1 amide bonds. The van der Waals surface area contributed by atoms with E-state index in [2.05, 4.69) is 10.5 Å². The molecule has 3 rings (SSSR count). The van der Waals surface area contributed by atoms with Gasteiger partial charge in [0.05, 0.1) is 0 Å². The van der Waals surface area contributed by atoms with Gasteiger partial charge in [-0.15, -0.1) is 0 Å². The van der Waals surface area contributed by atoms with E-state index in [0.717, 1.165) is 22.3 Å². The molecule has 1 fully saturated rings. The predicted octanol–water partition coefficient (Wildman–Crippen LogP) is 2.97. The predicted molar refractivity (Wildman–Crippen MR) is 99.7 cm³/mol. The Morgan fingerprint density at radius 1 is 1.15 bits per heavy atom. The minimum atomic E-state index is -0.676. The first-order valence-corrected chi connectivity index (χ1v) is 9.13. The van der Waals surface area contributed by atoms with E-state index in [9.17, 15) is 14.4 Å².